The molecule has 0 saturated heterocycles. The zero-order valence-electron chi connectivity index (χ0n) is 11.0. The zero-order valence-corrected chi connectivity index (χ0v) is 11.8. The van der Waals surface area contributed by atoms with E-state index >= 15 is 0 Å². The number of rotatable bonds is 6. The quantitative estimate of drug-likeness (QED) is 0.651. The molecule has 1 aromatic heterocycles. The van der Waals surface area contributed by atoms with E-state index in [1.165, 1.54) is 16.9 Å². The summed E-state index contributed by atoms with van der Waals surface area (Å²) in [5.41, 5.74) is 1.06. The summed E-state index contributed by atoms with van der Waals surface area (Å²) in [7, 11) is 0. The number of halogens is 1. The highest BCUT2D eigenvalue weighted by molar-refractivity contribution is 6.30. The number of hydrogen-bond donors (Lipinski definition) is 1. The molecule has 0 saturated carbocycles. The Kier molecular flexibility index (Phi) is 4.89. The summed E-state index contributed by atoms with van der Waals surface area (Å²) < 4.78 is 1.23. The third kappa shape index (κ3) is 4.57. The number of benzene rings is 1. The minimum atomic E-state index is -0.602. The maximum absolute atomic E-state index is 11.7. The average molecular weight is 309 g/mol. The van der Waals surface area contributed by atoms with E-state index in [4.69, 9.17) is 11.6 Å². The van der Waals surface area contributed by atoms with E-state index in [9.17, 15) is 14.9 Å². The van der Waals surface area contributed by atoms with E-state index < -0.39 is 4.92 Å². The van der Waals surface area contributed by atoms with Gasteiger partial charge in [-0.25, -0.2) is 0 Å². The Balaban J connectivity index is 1.76. The molecular weight excluding hydrogens is 296 g/mol. The lowest BCUT2D eigenvalue weighted by molar-refractivity contribution is -0.389. The van der Waals surface area contributed by atoms with Crippen molar-refractivity contribution in [3.63, 3.8) is 0 Å². The maximum Gasteiger partial charge on any atom is 0.389 e. The third-order valence-electron chi connectivity index (χ3n) is 2.77. The van der Waals surface area contributed by atoms with E-state index in [0.717, 1.165) is 5.56 Å². The van der Waals surface area contributed by atoms with Crippen molar-refractivity contribution < 1.29 is 9.72 Å². The van der Waals surface area contributed by atoms with Gasteiger partial charge in [0.25, 0.3) is 0 Å². The van der Waals surface area contributed by atoms with Crippen LogP contribution in [0.2, 0.25) is 5.02 Å². The van der Waals surface area contributed by atoms with Crippen molar-refractivity contribution in [2.24, 2.45) is 0 Å². The molecular formula is C13H13ClN4O3. The van der Waals surface area contributed by atoms with Crippen molar-refractivity contribution in [3.8, 4) is 0 Å². The molecule has 0 aliphatic carbocycles. The normalized spacial score (nSPS) is 10.3. The Bertz CT molecular complexity index is 639. The van der Waals surface area contributed by atoms with Gasteiger partial charge in [-0.1, -0.05) is 23.7 Å². The fraction of sp³-hybridized carbons (Fsp3) is 0.231. The number of hydrogen-bond acceptors (Lipinski definition) is 4. The highest BCUT2D eigenvalue weighted by Gasteiger charge is 2.12. The summed E-state index contributed by atoms with van der Waals surface area (Å²) in [5, 5.41) is 17.5. The molecule has 1 amide bonds. The van der Waals surface area contributed by atoms with Gasteiger partial charge in [0.05, 0.1) is 17.4 Å². The molecule has 21 heavy (non-hydrogen) atoms. The molecule has 2 rings (SSSR count). The van der Waals surface area contributed by atoms with Gasteiger partial charge in [0.2, 0.25) is 5.91 Å². The Morgan fingerprint density at radius 2 is 2.05 bits per heavy atom. The summed E-state index contributed by atoms with van der Waals surface area (Å²) >= 11 is 5.78. The van der Waals surface area contributed by atoms with Gasteiger partial charge in [0, 0.05) is 11.6 Å². The SMILES string of the molecule is O=C(Cn1ccc([N+](=O)[O-])n1)NCCc1ccc(Cl)cc1. The molecule has 1 heterocycles. The second-order valence-electron chi connectivity index (χ2n) is 4.36. The smallest absolute Gasteiger partial charge is 0.358 e. The lowest BCUT2D eigenvalue weighted by Crippen LogP contribution is -2.29. The fourth-order valence-corrected chi connectivity index (χ4v) is 1.86. The number of aromatic nitrogens is 2. The Morgan fingerprint density at radius 1 is 1.33 bits per heavy atom. The minimum Gasteiger partial charge on any atom is -0.358 e. The standard InChI is InChI=1S/C13H13ClN4O3/c14-11-3-1-10(2-4-11)5-7-15-13(19)9-17-8-6-12(16-17)18(20)21/h1-4,6,8H,5,7,9H2,(H,15,19). The molecule has 0 unspecified atom stereocenters. The number of carbonyl (C=O) groups excluding carboxylic acids is 1. The molecule has 2 aromatic rings. The monoisotopic (exact) mass is 308 g/mol. The first kappa shape index (κ1) is 15.0. The van der Waals surface area contributed by atoms with Crippen molar-refractivity contribution in [1.29, 1.82) is 0 Å². The second kappa shape index (κ2) is 6.85. The van der Waals surface area contributed by atoms with Crippen LogP contribution in [0.3, 0.4) is 0 Å². The van der Waals surface area contributed by atoms with Crippen molar-refractivity contribution >= 4 is 23.3 Å². The van der Waals surface area contributed by atoms with Gasteiger partial charge < -0.3 is 15.4 Å². The van der Waals surface area contributed by atoms with Crippen LogP contribution < -0.4 is 5.32 Å². The fourth-order valence-electron chi connectivity index (χ4n) is 1.74. The molecule has 0 bridgehead atoms. The van der Waals surface area contributed by atoms with Crippen LogP contribution in [0.4, 0.5) is 5.82 Å². The summed E-state index contributed by atoms with van der Waals surface area (Å²) in [4.78, 5) is 21.5. The number of carbonyl (C=O) groups is 1. The predicted octanol–water partition coefficient (Wildman–Crippen LogP) is 1.80. The molecule has 0 aliphatic heterocycles. The third-order valence-corrected chi connectivity index (χ3v) is 3.02. The van der Waals surface area contributed by atoms with Crippen LogP contribution >= 0.6 is 11.6 Å². The van der Waals surface area contributed by atoms with Crippen LogP contribution in [0.5, 0.6) is 0 Å². The van der Waals surface area contributed by atoms with Crippen molar-refractivity contribution in [1.82, 2.24) is 15.1 Å². The van der Waals surface area contributed by atoms with Gasteiger partial charge in [0.15, 0.2) is 0 Å². The van der Waals surface area contributed by atoms with Gasteiger partial charge in [0.1, 0.15) is 6.54 Å². The van der Waals surface area contributed by atoms with Crippen molar-refractivity contribution in [2.75, 3.05) is 6.54 Å². The lowest BCUT2D eigenvalue weighted by Gasteiger charge is -2.04. The molecule has 0 fully saturated rings. The number of nitrogens with one attached hydrogen (secondary N) is 1. The van der Waals surface area contributed by atoms with Gasteiger partial charge in [-0.2, -0.15) is 4.68 Å². The van der Waals surface area contributed by atoms with E-state index in [2.05, 4.69) is 10.4 Å². The summed E-state index contributed by atoms with van der Waals surface area (Å²) in [6.45, 7) is 0.429. The maximum atomic E-state index is 11.7. The molecule has 0 atom stereocenters. The van der Waals surface area contributed by atoms with Crippen LogP contribution in [0.15, 0.2) is 36.5 Å². The van der Waals surface area contributed by atoms with Gasteiger partial charge in [-0.15, -0.1) is 0 Å². The van der Waals surface area contributed by atoms with Gasteiger partial charge in [-0.3, -0.25) is 4.79 Å². The second-order valence-corrected chi connectivity index (χ2v) is 4.79. The highest BCUT2D eigenvalue weighted by atomic mass is 35.5. The topological polar surface area (TPSA) is 90.1 Å². The Morgan fingerprint density at radius 3 is 2.67 bits per heavy atom. The first-order valence-corrected chi connectivity index (χ1v) is 6.61. The zero-order chi connectivity index (χ0) is 15.2. The van der Waals surface area contributed by atoms with Gasteiger partial charge >= 0.3 is 5.82 Å². The van der Waals surface area contributed by atoms with Crippen LogP contribution in [-0.4, -0.2) is 27.2 Å². The summed E-state index contributed by atoms with van der Waals surface area (Å²) in [6, 6.07) is 8.63. The minimum absolute atomic E-state index is 0.0472. The van der Waals surface area contributed by atoms with Crippen LogP contribution in [0.25, 0.3) is 0 Å². The number of nitrogens with zero attached hydrogens (tertiary/aromatic N) is 3. The van der Waals surface area contributed by atoms with E-state index in [1.54, 1.807) is 12.1 Å². The first-order chi connectivity index (χ1) is 10.0. The molecule has 7 nitrogen and oxygen atoms in total. The first-order valence-electron chi connectivity index (χ1n) is 6.23. The lowest BCUT2D eigenvalue weighted by atomic mass is 10.1. The Hall–Kier alpha value is -2.41. The number of nitro groups is 1. The average Bonchev–Trinajstić information content (AvgIpc) is 2.90. The van der Waals surface area contributed by atoms with E-state index in [0.29, 0.717) is 18.0 Å². The molecule has 1 aromatic carbocycles. The molecule has 8 heteroatoms. The summed E-state index contributed by atoms with van der Waals surface area (Å²) in [6.07, 6.45) is 2.08. The predicted molar refractivity (Wildman–Crippen MR) is 77.0 cm³/mol. The largest absolute Gasteiger partial charge is 0.389 e. The van der Waals surface area contributed by atoms with Crippen molar-refractivity contribution in [3.05, 3.63) is 57.2 Å². The van der Waals surface area contributed by atoms with Crippen LogP contribution in [0.1, 0.15) is 5.56 Å². The molecule has 0 radical (unpaired) electrons. The summed E-state index contributed by atoms with van der Waals surface area (Å²) in [5.74, 6) is -0.522. The van der Waals surface area contributed by atoms with Crippen LogP contribution in [0, 0.1) is 10.1 Å². The van der Waals surface area contributed by atoms with E-state index in [1.807, 2.05) is 12.1 Å². The van der Waals surface area contributed by atoms with Gasteiger partial charge in [-0.05, 0) is 29.0 Å². The molecule has 1 N–H and O–H groups in total. The molecule has 0 spiro atoms. The van der Waals surface area contributed by atoms with Crippen molar-refractivity contribution in [2.45, 2.75) is 13.0 Å². The molecule has 0 aliphatic rings. The van der Waals surface area contributed by atoms with Crippen LogP contribution in [-0.2, 0) is 17.8 Å². The Labute approximate surface area is 125 Å². The number of amides is 1. The highest BCUT2D eigenvalue weighted by Crippen LogP contribution is 2.09. The van der Waals surface area contributed by atoms with E-state index in [-0.39, 0.29) is 18.3 Å². The molecule has 110 valence electrons.